The number of nitrogens with one attached hydrogen (secondary N) is 1. The average Bonchev–Trinajstić information content (AvgIpc) is 1.68. The van der Waals surface area contributed by atoms with Crippen molar-refractivity contribution in [3.8, 4) is 6.07 Å². The normalized spacial score (nSPS) is 10.0. The number of carbonyl (C=O) groups excluding carboxylic acids is 1. The molecule has 0 aromatic heterocycles. The van der Waals surface area contributed by atoms with Crippen LogP contribution in [-0.4, -0.2) is 12.5 Å². The summed E-state index contributed by atoms with van der Waals surface area (Å²) >= 11 is 0. The quantitative estimate of drug-likeness (QED) is 0.309. The summed E-state index contributed by atoms with van der Waals surface area (Å²) in [5.41, 5.74) is 0. The van der Waals surface area contributed by atoms with Crippen LogP contribution in [0.5, 0.6) is 0 Å². The van der Waals surface area contributed by atoms with Crippen LogP contribution in [0, 0.1) is 11.3 Å². The van der Waals surface area contributed by atoms with Gasteiger partial charge >= 0.3 is 29.6 Å². The van der Waals surface area contributed by atoms with Crippen LogP contribution in [0.15, 0.2) is 0 Å². The topological polar surface area (TPSA) is 52.9 Å². The van der Waals surface area contributed by atoms with E-state index in [1.165, 1.54) is 0 Å². The zero-order valence-electron chi connectivity index (χ0n) is 6.01. The maximum atomic E-state index is 9.51. The summed E-state index contributed by atoms with van der Waals surface area (Å²) in [6.45, 7) is 1.61. The molecule has 0 aliphatic heterocycles. The van der Waals surface area contributed by atoms with Crippen LogP contribution >= 0.6 is 0 Å². The minimum absolute atomic E-state index is 0. The largest absolute Gasteiger partial charge is 1.00 e. The molecule has 1 unspecified atom stereocenters. The molecule has 0 spiro atoms. The van der Waals surface area contributed by atoms with Gasteiger partial charge in [0.1, 0.15) is 6.04 Å². The van der Waals surface area contributed by atoms with Crippen molar-refractivity contribution in [1.82, 2.24) is 5.32 Å². The molecule has 3 nitrogen and oxygen atoms in total. The molecule has 0 aliphatic rings. The first kappa shape index (κ1) is 10.9. The van der Waals surface area contributed by atoms with E-state index in [-0.39, 0.29) is 37.0 Å². The van der Waals surface area contributed by atoms with Crippen molar-refractivity contribution in [3.05, 3.63) is 0 Å². The first-order valence-electron chi connectivity index (χ1n) is 1.90. The van der Waals surface area contributed by atoms with Gasteiger partial charge in [0.05, 0.1) is 6.07 Å². The van der Waals surface area contributed by atoms with E-state index in [9.17, 15) is 4.79 Å². The third kappa shape index (κ3) is 5.96. The molecule has 0 saturated carbocycles. The molecule has 0 aromatic carbocycles. The second-order valence-electron chi connectivity index (χ2n) is 1.14. The number of nitriles is 1. The molecule has 0 saturated heterocycles. The smallest absolute Gasteiger partial charge is 1.00 e. The second kappa shape index (κ2) is 6.96. The van der Waals surface area contributed by atoms with Crippen LogP contribution in [0.4, 0.5) is 0 Å². The molecule has 0 rings (SSSR count). The predicted octanol–water partition coefficient (Wildman–Crippen LogP) is -3.24. The Balaban J connectivity index is -0.000000180. The zero-order valence-corrected chi connectivity index (χ0v) is 7.01. The summed E-state index contributed by atoms with van der Waals surface area (Å²) in [6.07, 6.45) is 0.508. The Bertz CT molecular complexity index is 103. The van der Waals surface area contributed by atoms with E-state index >= 15 is 0 Å². The summed E-state index contributed by atoms with van der Waals surface area (Å²) in [5, 5.41) is 10.2. The Labute approximate surface area is 71.8 Å². The van der Waals surface area contributed by atoms with Gasteiger partial charge in [-0.2, -0.15) is 5.26 Å². The van der Waals surface area contributed by atoms with Crippen LogP contribution in [0.25, 0.3) is 0 Å². The fraction of sp³-hybridized carbons (Fsp3) is 0.500. The van der Waals surface area contributed by atoms with E-state index < -0.39 is 0 Å². The van der Waals surface area contributed by atoms with Gasteiger partial charge in [-0.05, 0) is 6.92 Å². The van der Waals surface area contributed by atoms with Crippen LogP contribution in [-0.2, 0) is 4.79 Å². The van der Waals surface area contributed by atoms with Crippen LogP contribution < -0.4 is 34.9 Å². The number of carbonyl (C=O) groups is 1. The molecule has 8 heavy (non-hydrogen) atoms. The molecule has 1 N–H and O–H groups in total. The SMILES string of the molecule is CC(C#N)NC=O.[H-].[Na+]. The van der Waals surface area contributed by atoms with Gasteiger partial charge in [0.15, 0.2) is 0 Å². The summed E-state index contributed by atoms with van der Waals surface area (Å²) in [7, 11) is 0. The summed E-state index contributed by atoms with van der Waals surface area (Å²) in [5.74, 6) is 0. The Kier molecular flexibility index (Phi) is 9.44. The molecule has 0 fully saturated rings. The Hall–Kier alpha value is -0.0400. The molecule has 1 amide bonds. The summed E-state index contributed by atoms with van der Waals surface area (Å²) < 4.78 is 0. The van der Waals surface area contributed by atoms with E-state index in [0.717, 1.165) is 0 Å². The Morgan fingerprint density at radius 2 is 2.50 bits per heavy atom. The van der Waals surface area contributed by atoms with Gasteiger partial charge < -0.3 is 6.74 Å². The van der Waals surface area contributed by atoms with E-state index in [2.05, 4.69) is 5.32 Å². The maximum absolute atomic E-state index is 9.51. The molecule has 0 heterocycles. The van der Waals surface area contributed by atoms with Gasteiger partial charge in [-0.3, -0.25) is 4.79 Å². The molecular formula is C4H7N2NaO. The van der Waals surface area contributed by atoms with Gasteiger partial charge in [0.2, 0.25) is 6.41 Å². The first-order chi connectivity index (χ1) is 3.31. The third-order valence-corrected chi connectivity index (χ3v) is 0.512. The third-order valence-electron chi connectivity index (χ3n) is 0.512. The molecule has 1 atom stereocenters. The average molecular weight is 122 g/mol. The molecule has 0 radical (unpaired) electrons. The predicted molar refractivity (Wildman–Crippen MR) is 25.4 cm³/mol. The molecule has 0 aromatic rings. The van der Waals surface area contributed by atoms with Crippen LogP contribution in [0.2, 0.25) is 0 Å². The van der Waals surface area contributed by atoms with Gasteiger partial charge in [0, 0.05) is 0 Å². The standard InChI is InChI=1S/C4H6N2O.Na.H/c1-4(2-5)6-3-7;;/h3-4H,1H3,(H,6,7);;/q;+1;-1. The summed E-state index contributed by atoms with van der Waals surface area (Å²) in [4.78, 5) is 9.51. The van der Waals surface area contributed by atoms with Crippen molar-refractivity contribution < 1.29 is 35.8 Å². The molecular weight excluding hydrogens is 115 g/mol. The van der Waals surface area contributed by atoms with Crippen molar-refractivity contribution >= 4 is 6.41 Å². The van der Waals surface area contributed by atoms with E-state index in [1.807, 2.05) is 6.07 Å². The molecule has 0 aliphatic carbocycles. The Morgan fingerprint density at radius 3 is 2.62 bits per heavy atom. The van der Waals surface area contributed by atoms with E-state index in [0.29, 0.717) is 6.41 Å². The van der Waals surface area contributed by atoms with Gasteiger partial charge in [-0.15, -0.1) is 0 Å². The van der Waals surface area contributed by atoms with Crippen molar-refractivity contribution in [2.45, 2.75) is 13.0 Å². The second-order valence-corrected chi connectivity index (χ2v) is 1.14. The molecule has 40 valence electrons. The van der Waals surface area contributed by atoms with Crippen molar-refractivity contribution in [1.29, 1.82) is 5.26 Å². The van der Waals surface area contributed by atoms with E-state index in [1.54, 1.807) is 6.92 Å². The number of amides is 1. The monoisotopic (exact) mass is 122 g/mol. The van der Waals surface area contributed by atoms with Crippen LogP contribution in [0.3, 0.4) is 0 Å². The summed E-state index contributed by atoms with van der Waals surface area (Å²) in [6, 6.07) is 1.46. The minimum Gasteiger partial charge on any atom is -1.00 e. The van der Waals surface area contributed by atoms with Gasteiger partial charge in [0.25, 0.3) is 0 Å². The number of hydrogen-bond donors (Lipinski definition) is 1. The fourth-order valence-electron chi connectivity index (χ4n) is 0.139. The fourth-order valence-corrected chi connectivity index (χ4v) is 0.139. The van der Waals surface area contributed by atoms with E-state index in [4.69, 9.17) is 5.26 Å². The maximum Gasteiger partial charge on any atom is 1.00 e. The van der Waals surface area contributed by atoms with Crippen molar-refractivity contribution in [2.24, 2.45) is 0 Å². The zero-order chi connectivity index (χ0) is 5.70. The first-order valence-corrected chi connectivity index (χ1v) is 1.90. The van der Waals surface area contributed by atoms with Gasteiger partial charge in [-0.25, -0.2) is 0 Å². The van der Waals surface area contributed by atoms with Crippen molar-refractivity contribution in [2.75, 3.05) is 0 Å². The van der Waals surface area contributed by atoms with Gasteiger partial charge in [-0.1, -0.05) is 0 Å². The van der Waals surface area contributed by atoms with Crippen molar-refractivity contribution in [3.63, 3.8) is 0 Å². The number of hydrogen-bond acceptors (Lipinski definition) is 2. The number of rotatable bonds is 2. The number of nitrogens with zero attached hydrogens (tertiary/aromatic N) is 1. The Morgan fingerprint density at radius 1 is 2.00 bits per heavy atom. The molecule has 0 bridgehead atoms. The van der Waals surface area contributed by atoms with Crippen LogP contribution in [0.1, 0.15) is 8.35 Å². The molecule has 4 heteroatoms. The minimum atomic E-state index is -0.363.